The summed E-state index contributed by atoms with van der Waals surface area (Å²) in [6.07, 6.45) is 3.69. The minimum absolute atomic E-state index is 0.479. The van der Waals surface area contributed by atoms with E-state index < -0.39 is 0 Å². The lowest BCUT2D eigenvalue weighted by molar-refractivity contribution is 0.341. The van der Waals surface area contributed by atoms with E-state index in [0.717, 1.165) is 16.4 Å². The second-order valence-electron chi connectivity index (χ2n) is 4.77. The summed E-state index contributed by atoms with van der Waals surface area (Å²) in [5.74, 6) is 0.921. The predicted molar refractivity (Wildman–Crippen MR) is 83.4 cm³/mol. The molecule has 0 aliphatic carbocycles. The number of aromatic nitrogens is 1. The maximum Gasteiger partial charge on any atom is 0.184 e. The number of unbranched alkanes of at least 4 members (excludes halogenated alkanes) is 1. The quantitative estimate of drug-likeness (QED) is 0.798. The molecule has 1 unspecified atom stereocenters. The van der Waals surface area contributed by atoms with Gasteiger partial charge in [0.05, 0.1) is 16.8 Å². The van der Waals surface area contributed by atoms with Crippen LogP contribution in [-0.4, -0.2) is 17.6 Å². The monoisotopic (exact) mass is 278 g/mol. The molecular weight excluding hydrogens is 256 g/mol. The number of fused-ring (bicyclic) bond motifs is 1. The summed E-state index contributed by atoms with van der Waals surface area (Å²) in [6, 6.07) is 6.55. The number of nitrogens with one attached hydrogen (secondary N) is 1. The molecule has 0 amide bonds. The van der Waals surface area contributed by atoms with E-state index in [1.165, 1.54) is 24.0 Å². The van der Waals surface area contributed by atoms with E-state index >= 15 is 0 Å². The first-order chi connectivity index (χ1) is 9.22. The third kappa shape index (κ3) is 3.83. The number of rotatable bonds is 7. The Labute approximate surface area is 119 Å². The second kappa shape index (κ2) is 6.75. The zero-order chi connectivity index (χ0) is 13.7. The van der Waals surface area contributed by atoms with Crippen molar-refractivity contribution in [1.29, 1.82) is 0 Å². The lowest BCUT2D eigenvalue weighted by Gasteiger charge is -2.11. The van der Waals surface area contributed by atoms with Gasteiger partial charge in [-0.25, -0.2) is 4.98 Å². The van der Waals surface area contributed by atoms with Crippen molar-refractivity contribution in [1.82, 2.24) is 4.98 Å². The summed E-state index contributed by atoms with van der Waals surface area (Å²) < 4.78 is 6.69. The summed E-state index contributed by atoms with van der Waals surface area (Å²) in [7, 11) is 0. The minimum Gasteiger partial charge on any atom is -0.494 e. The van der Waals surface area contributed by atoms with Gasteiger partial charge in [0.1, 0.15) is 5.75 Å². The number of nitrogens with zero attached hydrogens (tertiary/aromatic N) is 1. The van der Waals surface area contributed by atoms with Crippen LogP contribution in [0.5, 0.6) is 5.75 Å². The van der Waals surface area contributed by atoms with Crippen molar-refractivity contribution >= 4 is 26.7 Å². The van der Waals surface area contributed by atoms with E-state index in [2.05, 4.69) is 30.2 Å². The van der Waals surface area contributed by atoms with Crippen molar-refractivity contribution in [3.8, 4) is 5.75 Å². The molecule has 1 N–H and O–H groups in total. The summed E-state index contributed by atoms with van der Waals surface area (Å²) >= 11 is 1.70. The number of hydrogen-bond donors (Lipinski definition) is 1. The van der Waals surface area contributed by atoms with Crippen LogP contribution in [0.3, 0.4) is 0 Å². The summed E-state index contributed by atoms with van der Waals surface area (Å²) in [5, 5.41) is 4.49. The largest absolute Gasteiger partial charge is 0.494 e. The van der Waals surface area contributed by atoms with Gasteiger partial charge in [-0.1, -0.05) is 31.1 Å². The predicted octanol–water partition coefficient (Wildman–Crippen LogP) is 4.69. The molecule has 0 saturated carbocycles. The Morgan fingerprint density at radius 2 is 2.21 bits per heavy atom. The molecule has 19 heavy (non-hydrogen) atoms. The maximum absolute atomic E-state index is 5.52. The Hall–Kier alpha value is -1.29. The molecule has 3 nitrogen and oxygen atoms in total. The van der Waals surface area contributed by atoms with Crippen LogP contribution in [0.1, 0.15) is 40.0 Å². The SMILES string of the molecule is CCCCC(C)Nc1nc2ccc(OCC)cc2s1. The van der Waals surface area contributed by atoms with Gasteiger partial charge in [-0.05, 0) is 38.5 Å². The lowest BCUT2D eigenvalue weighted by atomic mass is 10.1. The standard InChI is InChI=1S/C15H22N2OS/c1-4-6-7-11(3)16-15-17-13-9-8-12(18-5-2)10-14(13)19-15/h8-11H,4-7H2,1-3H3,(H,16,17). The molecule has 4 heteroatoms. The van der Waals surface area contributed by atoms with Crippen LogP contribution in [0, 0.1) is 0 Å². The lowest BCUT2D eigenvalue weighted by Crippen LogP contribution is -2.14. The van der Waals surface area contributed by atoms with Crippen molar-refractivity contribution in [2.75, 3.05) is 11.9 Å². The Morgan fingerprint density at radius 3 is 2.95 bits per heavy atom. The van der Waals surface area contributed by atoms with Crippen LogP contribution >= 0.6 is 11.3 Å². The van der Waals surface area contributed by atoms with Gasteiger partial charge in [-0.15, -0.1) is 0 Å². The summed E-state index contributed by atoms with van der Waals surface area (Å²) in [5.41, 5.74) is 1.04. The van der Waals surface area contributed by atoms with Gasteiger partial charge < -0.3 is 10.1 Å². The molecule has 0 spiro atoms. The number of hydrogen-bond acceptors (Lipinski definition) is 4. The topological polar surface area (TPSA) is 34.2 Å². The molecule has 0 fully saturated rings. The molecule has 2 aromatic rings. The van der Waals surface area contributed by atoms with Gasteiger partial charge in [-0.2, -0.15) is 0 Å². The Morgan fingerprint density at radius 1 is 1.37 bits per heavy atom. The fourth-order valence-corrected chi connectivity index (χ4v) is 3.02. The van der Waals surface area contributed by atoms with Gasteiger partial charge >= 0.3 is 0 Å². The van der Waals surface area contributed by atoms with Crippen LogP contribution in [0.15, 0.2) is 18.2 Å². The van der Waals surface area contributed by atoms with Crippen LogP contribution in [-0.2, 0) is 0 Å². The normalized spacial score (nSPS) is 12.6. The first-order valence-electron chi connectivity index (χ1n) is 7.02. The third-order valence-electron chi connectivity index (χ3n) is 3.03. The van der Waals surface area contributed by atoms with Crippen LogP contribution in [0.4, 0.5) is 5.13 Å². The fourth-order valence-electron chi connectivity index (χ4n) is 2.02. The molecule has 0 radical (unpaired) electrons. The molecule has 1 aromatic carbocycles. The summed E-state index contributed by atoms with van der Waals surface area (Å²) in [4.78, 5) is 4.61. The molecule has 0 aliphatic rings. The Balaban J connectivity index is 2.08. The molecule has 0 saturated heterocycles. The highest BCUT2D eigenvalue weighted by Gasteiger charge is 2.08. The fraction of sp³-hybridized carbons (Fsp3) is 0.533. The first kappa shape index (κ1) is 14.1. The van der Waals surface area contributed by atoms with E-state index in [1.54, 1.807) is 11.3 Å². The van der Waals surface area contributed by atoms with Crippen LogP contribution in [0.2, 0.25) is 0 Å². The smallest absolute Gasteiger partial charge is 0.184 e. The molecule has 0 bridgehead atoms. The highest BCUT2D eigenvalue weighted by molar-refractivity contribution is 7.22. The molecule has 2 rings (SSSR count). The van der Waals surface area contributed by atoms with E-state index in [0.29, 0.717) is 12.6 Å². The van der Waals surface area contributed by atoms with Gasteiger partial charge in [0.15, 0.2) is 5.13 Å². The van der Waals surface area contributed by atoms with E-state index in [-0.39, 0.29) is 0 Å². The van der Waals surface area contributed by atoms with E-state index in [9.17, 15) is 0 Å². The number of anilines is 1. The average Bonchev–Trinajstić information content (AvgIpc) is 2.78. The van der Waals surface area contributed by atoms with E-state index in [4.69, 9.17) is 4.74 Å². The van der Waals surface area contributed by atoms with Crippen molar-refractivity contribution in [2.45, 2.75) is 46.1 Å². The van der Waals surface area contributed by atoms with E-state index in [1.807, 2.05) is 19.1 Å². The van der Waals surface area contributed by atoms with Crippen molar-refractivity contribution in [2.24, 2.45) is 0 Å². The average molecular weight is 278 g/mol. The highest BCUT2D eigenvalue weighted by Crippen LogP contribution is 2.29. The van der Waals surface area contributed by atoms with Crippen molar-refractivity contribution in [3.63, 3.8) is 0 Å². The molecule has 0 aliphatic heterocycles. The zero-order valence-electron chi connectivity index (χ0n) is 11.9. The molecular formula is C15H22N2OS. The zero-order valence-corrected chi connectivity index (χ0v) is 12.7. The summed E-state index contributed by atoms with van der Waals surface area (Å²) in [6.45, 7) is 7.13. The molecule has 1 atom stereocenters. The number of ether oxygens (including phenoxy) is 1. The van der Waals surface area contributed by atoms with Crippen molar-refractivity contribution < 1.29 is 4.74 Å². The van der Waals surface area contributed by atoms with Crippen LogP contribution < -0.4 is 10.1 Å². The Bertz CT molecular complexity index is 524. The second-order valence-corrected chi connectivity index (χ2v) is 5.80. The van der Waals surface area contributed by atoms with Gasteiger partial charge in [0, 0.05) is 6.04 Å². The van der Waals surface area contributed by atoms with Crippen LogP contribution in [0.25, 0.3) is 10.2 Å². The molecule has 1 heterocycles. The number of benzene rings is 1. The van der Waals surface area contributed by atoms with Gasteiger partial charge in [-0.3, -0.25) is 0 Å². The maximum atomic E-state index is 5.52. The number of thiazole rings is 1. The Kier molecular flexibility index (Phi) is 5.02. The highest BCUT2D eigenvalue weighted by atomic mass is 32.1. The minimum atomic E-state index is 0.479. The van der Waals surface area contributed by atoms with Gasteiger partial charge in [0.25, 0.3) is 0 Å². The van der Waals surface area contributed by atoms with Crippen molar-refractivity contribution in [3.05, 3.63) is 18.2 Å². The first-order valence-corrected chi connectivity index (χ1v) is 7.84. The molecule has 104 valence electrons. The third-order valence-corrected chi connectivity index (χ3v) is 3.98. The molecule has 1 aromatic heterocycles. The van der Waals surface area contributed by atoms with Gasteiger partial charge in [0.2, 0.25) is 0 Å².